The molecule has 1 aromatic heterocycles. The van der Waals surface area contributed by atoms with E-state index in [1.807, 2.05) is 4.98 Å². The lowest BCUT2D eigenvalue weighted by atomic mass is 9.90. The Labute approximate surface area is 107 Å². The van der Waals surface area contributed by atoms with Gasteiger partial charge in [0.25, 0.3) is 5.56 Å². The van der Waals surface area contributed by atoms with Crippen LogP contribution in [-0.4, -0.2) is 43.7 Å². The number of ether oxygens (including phenoxy) is 1. The van der Waals surface area contributed by atoms with Gasteiger partial charge in [-0.25, -0.2) is 9.18 Å². The van der Waals surface area contributed by atoms with Gasteiger partial charge in [-0.05, 0) is 13.8 Å². The first kappa shape index (κ1) is 13.9. The van der Waals surface area contributed by atoms with Gasteiger partial charge in [-0.3, -0.25) is 14.3 Å². The smallest absolute Gasteiger partial charge is 0.330 e. The second-order valence-electron chi connectivity index (χ2n) is 5.01. The van der Waals surface area contributed by atoms with E-state index in [2.05, 4.69) is 0 Å². The second-order valence-corrected chi connectivity index (χ2v) is 5.01. The van der Waals surface area contributed by atoms with Crippen molar-refractivity contribution in [1.82, 2.24) is 9.55 Å². The molecule has 3 N–H and O–H groups in total. The molecule has 0 bridgehead atoms. The van der Waals surface area contributed by atoms with E-state index in [-0.39, 0.29) is 0 Å². The average molecular weight is 274 g/mol. The van der Waals surface area contributed by atoms with Crippen molar-refractivity contribution >= 4 is 0 Å². The largest absolute Gasteiger partial charge is 0.393 e. The summed E-state index contributed by atoms with van der Waals surface area (Å²) in [6.45, 7) is 1.80. The fourth-order valence-electron chi connectivity index (χ4n) is 2.23. The molecule has 2 heterocycles. The van der Waals surface area contributed by atoms with Crippen molar-refractivity contribution in [2.24, 2.45) is 0 Å². The SMILES string of the molecule is C[C@]1(F)[C@H](n2ccc(=O)[nH]c2=O)O[C@](C)(CO)[C@H]1O. The Morgan fingerprint density at radius 3 is 2.63 bits per heavy atom. The van der Waals surface area contributed by atoms with Crippen LogP contribution in [0.3, 0.4) is 0 Å². The van der Waals surface area contributed by atoms with E-state index in [4.69, 9.17) is 4.74 Å². The predicted molar refractivity (Wildman–Crippen MR) is 62.5 cm³/mol. The Bertz CT molecular complexity index is 595. The van der Waals surface area contributed by atoms with Crippen molar-refractivity contribution in [2.45, 2.75) is 37.4 Å². The van der Waals surface area contributed by atoms with E-state index < -0.39 is 41.5 Å². The van der Waals surface area contributed by atoms with Crippen LogP contribution in [0.25, 0.3) is 0 Å². The number of hydrogen-bond acceptors (Lipinski definition) is 5. The molecule has 106 valence electrons. The molecular weight excluding hydrogens is 259 g/mol. The van der Waals surface area contributed by atoms with Crippen LogP contribution in [0.1, 0.15) is 20.1 Å². The van der Waals surface area contributed by atoms with E-state index in [0.717, 1.165) is 23.8 Å². The fourth-order valence-corrected chi connectivity index (χ4v) is 2.23. The van der Waals surface area contributed by atoms with Crippen molar-refractivity contribution in [1.29, 1.82) is 0 Å². The van der Waals surface area contributed by atoms with Crippen LogP contribution in [0, 0.1) is 0 Å². The molecule has 0 amide bonds. The molecule has 0 radical (unpaired) electrons. The molecule has 0 saturated carbocycles. The Hall–Kier alpha value is -1.51. The van der Waals surface area contributed by atoms with Crippen LogP contribution in [0.15, 0.2) is 21.9 Å². The minimum Gasteiger partial charge on any atom is -0.393 e. The molecule has 1 aliphatic heterocycles. The number of H-pyrrole nitrogens is 1. The summed E-state index contributed by atoms with van der Waals surface area (Å²) in [5.74, 6) is 0. The summed E-state index contributed by atoms with van der Waals surface area (Å²) in [4.78, 5) is 24.6. The number of rotatable bonds is 2. The van der Waals surface area contributed by atoms with Gasteiger partial charge in [0.05, 0.1) is 6.61 Å². The Morgan fingerprint density at radius 1 is 1.53 bits per heavy atom. The maximum atomic E-state index is 14.6. The molecular formula is C11H15FN2O5. The van der Waals surface area contributed by atoms with Crippen LogP contribution in [0.4, 0.5) is 4.39 Å². The molecule has 1 aliphatic rings. The normalized spacial score (nSPS) is 38.6. The van der Waals surface area contributed by atoms with Gasteiger partial charge in [-0.2, -0.15) is 0 Å². The van der Waals surface area contributed by atoms with Crippen molar-refractivity contribution in [3.63, 3.8) is 0 Å². The number of aromatic amines is 1. The molecule has 7 nitrogen and oxygen atoms in total. The van der Waals surface area contributed by atoms with Gasteiger partial charge < -0.3 is 14.9 Å². The van der Waals surface area contributed by atoms with Crippen LogP contribution in [0.5, 0.6) is 0 Å². The monoisotopic (exact) mass is 274 g/mol. The van der Waals surface area contributed by atoms with Gasteiger partial charge in [0.15, 0.2) is 11.9 Å². The van der Waals surface area contributed by atoms with E-state index in [1.165, 1.54) is 6.92 Å². The molecule has 4 atom stereocenters. The van der Waals surface area contributed by atoms with E-state index in [0.29, 0.717) is 0 Å². The minimum atomic E-state index is -2.29. The van der Waals surface area contributed by atoms with Crippen LogP contribution in [-0.2, 0) is 4.74 Å². The average Bonchev–Trinajstić information content (AvgIpc) is 2.51. The van der Waals surface area contributed by atoms with Crippen molar-refractivity contribution < 1.29 is 19.3 Å². The Balaban J connectivity index is 2.51. The van der Waals surface area contributed by atoms with Crippen molar-refractivity contribution in [2.75, 3.05) is 6.61 Å². The summed E-state index contributed by atoms with van der Waals surface area (Å²) in [7, 11) is 0. The van der Waals surface area contributed by atoms with E-state index in [1.54, 1.807) is 0 Å². The van der Waals surface area contributed by atoms with Gasteiger partial charge in [-0.1, -0.05) is 0 Å². The van der Waals surface area contributed by atoms with E-state index in [9.17, 15) is 24.2 Å². The molecule has 0 aliphatic carbocycles. The number of aliphatic hydroxyl groups is 2. The minimum absolute atomic E-state index is 0.609. The topological polar surface area (TPSA) is 105 Å². The predicted octanol–water partition coefficient (Wildman–Crippen LogP) is -1.09. The molecule has 1 aromatic rings. The van der Waals surface area contributed by atoms with Crippen LogP contribution >= 0.6 is 0 Å². The summed E-state index contributed by atoms with van der Waals surface area (Å²) in [5.41, 5.74) is -5.29. The standard InChI is InChI=1S/C11H15FN2O5/c1-10(5-15)7(17)11(2,12)8(19-10)14-4-3-6(16)13-9(14)18/h3-4,7-8,15,17H,5H2,1-2H3,(H,13,16,18)/t7-,8-,10-,11-/m1/s1. The molecule has 2 rings (SSSR count). The van der Waals surface area contributed by atoms with Crippen molar-refractivity contribution in [3.05, 3.63) is 33.1 Å². The van der Waals surface area contributed by atoms with Gasteiger partial charge in [0.2, 0.25) is 0 Å². The van der Waals surface area contributed by atoms with Gasteiger partial charge in [0.1, 0.15) is 11.7 Å². The molecule has 0 aromatic carbocycles. The first-order valence-corrected chi connectivity index (χ1v) is 5.69. The molecule has 1 saturated heterocycles. The number of alkyl halides is 1. The zero-order chi connectivity index (χ0) is 14.4. The highest BCUT2D eigenvalue weighted by Crippen LogP contribution is 2.45. The van der Waals surface area contributed by atoms with Gasteiger partial charge in [0, 0.05) is 12.3 Å². The lowest BCUT2D eigenvalue weighted by Gasteiger charge is -2.26. The molecule has 8 heteroatoms. The third-order valence-electron chi connectivity index (χ3n) is 3.39. The number of hydrogen-bond donors (Lipinski definition) is 3. The molecule has 1 fully saturated rings. The second kappa shape index (κ2) is 4.26. The fraction of sp³-hybridized carbons (Fsp3) is 0.636. The van der Waals surface area contributed by atoms with Crippen LogP contribution < -0.4 is 11.2 Å². The Morgan fingerprint density at radius 2 is 2.16 bits per heavy atom. The molecule has 0 spiro atoms. The highest BCUT2D eigenvalue weighted by atomic mass is 19.1. The summed E-state index contributed by atoms with van der Waals surface area (Å²) in [6.07, 6.45) is -1.97. The molecule has 19 heavy (non-hydrogen) atoms. The lowest BCUT2D eigenvalue weighted by Crippen LogP contribution is -2.47. The van der Waals surface area contributed by atoms with Gasteiger partial charge in [-0.15, -0.1) is 0 Å². The number of nitrogens with zero attached hydrogens (tertiary/aromatic N) is 1. The number of halogens is 1. The number of aromatic nitrogens is 2. The molecule has 0 unspecified atom stereocenters. The Kier molecular flexibility index (Phi) is 3.12. The lowest BCUT2D eigenvalue weighted by molar-refractivity contribution is -0.118. The highest BCUT2D eigenvalue weighted by Gasteiger charge is 2.61. The van der Waals surface area contributed by atoms with Gasteiger partial charge >= 0.3 is 5.69 Å². The zero-order valence-corrected chi connectivity index (χ0v) is 10.5. The number of nitrogens with one attached hydrogen (secondary N) is 1. The summed E-state index contributed by atoms with van der Waals surface area (Å²) >= 11 is 0. The maximum absolute atomic E-state index is 14.6. The third kappa shape index (κ3) is 2.01. The quantitative estimate of drug-likeness (QED) is 0.635. The number of aliphatic hydroxyl groups excluding tert-OH is 2. The van der Waals surface area contributed by atoms with Crippen LogP contribution in [0.2, 0.25) is 0 Å². The van der Waals surface area contributed by atoms with Crippen molar-refractivity contribution in [3.8, 4) is 0 Å². The summed E-state index contributed by atoms with van der Waals surface area (Å²) in [5, 5.41) is 19.1. The summed E-state index contributed by atoms with van der Waals surface area (Å²) < 4.78 is 20.7. The maximum Gasteiger partial charge on any atom is 0.330 e. The first-order valence-electron chi connectivity index (χ1n) is 5.69. The zero-order valence-electron chi connectivity index (χ0n) is 10.5. The van der Waals surface area contributed by atoms with E-state index >= 15 is 0 Å². The summed E-state index contributed by atoms with van der Waals surface area (Å²) in [6, 6.07) is 1.04. The first-order chi connectivity index (χ1) is 8.72. The highest BCUT2D eigenvalue weighted by molar-refractivity contribution is 5.06. The third-order valence-corrected chi connectivity index (χ3v) is 3.39.